The number of hydrogen-bond acceptors (Lipinski definition) is 2. The highest BCUT2D eigenvalue weighted by Crippen LogP contribution is 2.23. The summed E-state index contributed by atoms with van der Waals surface area (Å²) in [5.41, 5.74) is 2.23. The number of benzene rings is 2. The van der Waals surface area contributed by atoms with Gasteiger partial charge in [-0.3, -0.25) is 4.79 Å². The Labute approximate surface area is 129 Å². The Hall–Kier alpha value is -2.58. The van der Waals surface area contributed by atoms with Crippen molar-refractivity contribution in [2.24, 2.45) is 0 Å². The van der Waals surface area contributed by atoms with Crippen molar-refractivity contribution in [1.29, 1.82) is 5.26 Å². The van der Waals surface area contributed by atoms with Crippen LogP contribution in [0.1, 0.15) is 15.9 Å². The molecule has 0 radical (unpaired) electrons. The maximum Gasteiger partial charge on any atom is 0.257 e. The summed E-state index contributed by atoms with van der Waals surface area (Å²) in [5.74, 6) is -0.252. The summed E-state index contributed by atoms with van der Waals surface area (Å²) in [6.45, 7) is 0. The fourth-order valence-corrected chi connectivity index (χ4v) is 2.54. The number of para-hydroxylation sites is 1. The molecule has 0 saturated carbocycles. The van der Waals surface area contributed by atoms with Crippen LogP contribution in [0.4, 0.5) is 5.69 Å². The van der Waals surface area contributed by atoms with Crippen molar-refractivity contribution >= 4 is 38.4 Å². The van der Waals surface area contributed by atoms with Gasteiger partial charge in [0.05, 0.1) is 22.3 Å². The second kappa shape index (κ2) is 5.43. The van der Waals surface area contributed by atoms with Crippen molar-refractivity contribution in [3.05, 3.63) is 64.3 Å². The average molecular weight is 340 g/mol. The molecule has 1 heterocycles. The van der Waals surface area contributed by atoms with Gasteiger partial charge in [-0.2, -0.15) is 5.26 Å². The van der Waals surface area contributed by atoms with Gasteiger partial charge in [-0.05, 0) is 30.3 Å². The van der Waals surface area contributed by atoms with E-state index in [2.05, 4.69) is 32.3 Å². The van der Waals surface area contributed by atoms with Crippen molar-refractivity contribution in [3.8, 4) is 6.07 Å². The molecule has 0 aliphatic carbocycles. The van der Waals surface area contributed by atoms with E-state index in [1.54, 1.807) is 30.5 Å². The number of amides is 1. The standard InChI is InChI=1S/C16H10BrN3O/c17-12-5-4-11(9-18)14(8-12)20-16(21)13-3-1-2-10-6-7-19-15(10)13/h1-8,19H,(H,20,21). The van der Waals surface area contributed by atoms with Gasteiger partial charge in [0.1, 0.15) is 6.07 Å². The van der Waals surface area contributed by atoms with Gasteiger partial charge < -0.3 is 10.3 Å². The molecule has 0 aliphatic heterocycles. The van der Waals surface area contributed by atoms with Crippen LogP contribution in [-0.2, 0) is 0 Å². The summed E-state index contributed by atoms with van der Waals surface area (Å²) in [6.07, 6.45) is 1.79. The number of hydrogen-bond donors (Lipinski definition) is 2. The van der Waals surface area contributed by atoms with Gasteiger partial charge in [0.25, 0.3) is 5.91 Å². The number of aromatic nitrogens is 1. The van der Waals surface area contributed by atoms with E-state index in [0.717, 1.165) is 15.4 Å². The number of halogens is 1. The minimum absolute atomic E-state index is 0.252. The Morgan fingerprint density at radius 1 is 1.24 bits per heavy atom. The maximum atomic E-state index is 12.4. The van der Waals surface area contributed by atoms with Crippen LogP contribution in [0.15, 0.2) is 53.1 Å². The predicted octanol–water partition coefficient (Wildman–Crippen LogP) is 4.05. The molecule has 2 aromatic carbocycles. The lowest BCUT2D eigenvalue weighted by molar-refractivity contribution is 0.102. The van der Waals surface area contributed by atoms with E-state index < -0.39 is 0 Å². The molecule has 102 valence electrons. The van der Waals surface area contributed by atoms with Gasteiger partial charge in [-0.1, -0.05) is 28.1 Å². The van der Waals surface area contributed by atoms with Crippen molar-refractivity contribution in [1.82, 2.24) is 4.98 Å². The van der Waals surface area contributed by atoms with E-state index in [0.29, 0.717) is 16.8 Å². The molecular formula is C16H10BrN3O. The maximum absolute atomic E-state index is 12.4. The van der Waals surface area contributed by atoms with Crippen LogP contribution in [0, 0.1) is 11.3 Å². The van der Waals surface area contributed by atoms with Crippen molar-refractivity contribution in [2.45, 2.75) is 0 Å². The van der Waals surface area contributed by atoms with Crippen LogP contribution in [0.5, 0.6) is 0 Å². The molecule has 2 N–H and O–H groups in total. The summed E-state index contributed by atoms with van der Waals surface area (Å²) < 4.78 is 0.801. The molecule has 21 heavy (non-hydrogen) atoms. The van der Waals surface area contributed by atoms with Crippen LogP contribution in [0.3, 0.4) is 0 Å². The van der Waals surface area contributed by atoms with E-state index in [9.17, 15) is 4.79 Å². The molecule has 0 aliphatic rings. The number of H-pyrrole nitrogens is 1. The largest absolute Gasteiger partial charge is 0.361 e. The average Bonchev–Trinajstić information content (AvgIpc) is 2.95. The third-order valence-electron chi connectivity index (χ3n) is 3.18. The number of nitrogens with zero attached hydrogens (tertiary/aromatic N) is 1. The molecule has 0 unspecified atom stereocenters. The first kappa shape index (κ1) is 13.4. The Balaban J connectivity index is 1.99. The fraction of sp³-hybridized carbons (Fsp3) is 0. The highest BCUT2D eigenvalue weighted by molar-refractivity contribution is 9.10. The zero-order valence-electron chi connectivity index (χ0n) is 10.9. The zero-order chi connectivity index (χ0) is 14.8. The van der Waals surface area contributed by atoms with Crippen LogP contribution in [0.25, 0.3) is 10.9 Å². The van der Waals surface area contributed by atoms with Crippen molar-refractivity contribution < 1.29 is 4.79 Å². The molecule has 0 fully saturated rings. The molecule has 1 aromatic heterocycles. The number of carbonyl (C=O) groups is 1. The summed E-state index contributed by atoms with van der Waals surface area (Å²) in [4.78, 5) is 15.5. The highest BCUT2D eigenvalue weighted by atomic mass is 79.9. The van der Waals surface area contributed by atoms with Gasteiger partial charge in [-0.25, -0.2) is 0 Å². The Bertz CT molecular complexity index is 877. The topological polar surface area (TPSA) is 68.7 Å². The fourth-order valence-electron chi connectivity index (χ4n) is 2.18. The molecule has 0 bridgehead atoms. The van der Waals surface area contributed by atoms with Crippen LogP contribution >= 0.6 is 15.9 Å². The minimum atomic E-state index is -0.252. The number of nitrogens with one attached hydrogen (secondary N) is 2. The lowest BCUT2D eigenvalue weighted by Crippen LogP contribution is -2.13. The number of rotatable bonds is 2. The highest BCUT2D eigenvalue weighted by Gasteiger charge is 2.13. The Morgan fingerprint density at radius 3 is 2.90 bits per heavy atom. The van der Waals surface area contributed by atoms with Gasteiger partial charge in [0.2, 0.25) is 0 Å². The molecule has 0 spiro atoms. The normalized spacial score (nSPS) is 10.3. The van der Waals surface area contributed by atoms with E-state index >= 15 is 0 Å². The van der Waals surface area contributed by atoms with Crippen LogP contribution < -0.4 is 5.32 Å². The van der Waals surface area contributed by atoms with Gasteiger partial charge in [0, 0.05) is 16.1 Å². The second-order valence-corrected chi connectivity index (χ2v) is 5.42. The monoisotopic (exact) mass is 339 g/mol. The van der Waals surface area contributed by atoms with E-state index in [-0.39, 0.29) is 5.91 Å². The summed E-state index contributed by atoms with van der Waals surface area (Å²) in [7, 11) is 0. The Morgan fingerprint density at radius 2 is 2.10 bits per heavy atom. The number of aromatic amines is 1. The molecule has 4 nitrogen and oxygen atoms in total. The molecule has 0 atom stereocenters. The van der Waals surface area contributed by atoms with Crippen LogP contribution in [-0.4, -0.2) is 10.9 Å². The predicted molar refractivity (Wildman–Crippen MR) is 85.1 cm³/mol. The molecule has 3 rings (SSSR count). The lowest BCUT2D eigenvalue weighted by atomic mass is 10.1. The Kier molecular flexibility index (Phi) is 3.46. The molecular weight excluding hydrogens is 330 g/mol. The lowest BCUT2D eigenvalue weighted by Gasteiger charge is -2.08. The molecule has 1 amide bonds. The third-order valence-corrected chi connectivity index (χ3v) is 3.68. The third kappa shape index (κ3) is 2.54. The van der Waals surface area contributed by atoms with Gasteiger partial charge >= 0.3 is 0 Å². The van der Waals surface area contributed by atoms with Crippen molar-refractivity contribution in [2.75, 3.05) is 5.32 Å². The first-order chi connectivity index (χ1) is 10.2. The number of carbonyl (C=O) groups excluding carboxylic acids is 1. The van der Waals surface area contributed by atoms with Gasteiger partial charge in [-0.15, -0.1) is 0 Å². The molecule has 5 heteroatoms. The number of anilines is 1. The smallest absolute Gasteiger partial charge is 0.257 e. The first-order valence-electron chi connectivity index (χ1n) is 6.26. The number of nitriles is 1. The van der Waals surface area contributed by atoms with E-state index in [1.165, 1.54) is 0 Å². The summed E-state index contributed by atoms with van der Waals surface area (Å²) >= 11 is 3.34. The first-order valence-corrected chi connectivity index (χ1v) is 7.05. The van der Waals surface area contributed by atoms with Crippen LogP contribution in [0.2, 0.25) is 0 Å². The second-order valence-electron chi connectivity index (χ2n) is 4.50. The number of fused-ring (bicyclic) bond motifs is 1. The molecule has 0 saturated heterocycles. The molecule has 3 aromatic rings. The van der Waals surface area contributed by atoms with E-state index in [1.807, 2.05) is 18.2 Å². The quantitative estimate of drug-likeness (QED) is 0.739. The van der Waals surface area contributed by atoms with E-state index in [4.69, 9.17) is 5.26 Å². The van der Waals surface area contributed by atoms with Gasteiger partial charge in [0.15, 0.2) is 0 Å². The SMILES string of the molecule is N#Cc1ccc(Br)cc1NC(=O)c1cccc2cc[nH]c12. The summed E-state index contributed by atoms with van der Waals surface area (Å²) in [5, 5.41) is 12.9. The van der Waals surface area contributed by atoms with Crippen molar-refractivity contribution in [3.63, 3.8) is 0 Å². The minimum Gasteiger partial charge on any atom is -0.361 e. The zero-order valence-corrected chi connectivity index (χ0v) is 12.4. The summed E-state index contributed by atoms with van der Waals surface area (Å²) in [6, 6.07) is 14.6.